The largest absolute Gasteiger partial charge is 1.00 e. The summed E-state index contributed by atoms with van der Waals surface area (Å²) in [4.78, 5) is 51.2. The molecule has 6 rings (SSSR count). The number of allylic oxidation sites excluding steroid dienone is 7. The monoisotopic (exact) mass is 1270 g/mol. The van der Waals surface area contributed by atoms with Crippen LogP contribution in [0, 0.1) is 10.8 Å². The second-order valence-corrected chi connectivity index (χ2v) is 28.5. The average molecular weight is 1270 g/mol. The number of rotatable bonds is 34. The smallest absolute Gasteiger partial charge is 0.744 e. The third-order valence-electron chi connectivity index (χ3n) is 15.8. The molecule has 478 valence electrons. The number of esters is 2. The van der Waals surface area contributed by atoms with E-state index < -0.39 is 46.1 Å². The van der Waals surface area contributed by atoms with E-state index in [1.165, 1.54) is 41.2 Å². The maximum absolute atomic E-state index is 13.4. The number of nitrogens with zero attached hydrogens (tertiary/aromatic N) is 3. The van der Waals surface area contributed by atoms with Crippen molar-refractivity contribution in [2.45, 2.75) is 129 Å². The number of phosphoric acid groups is 1. The number of likely N-dealkylation sites (N-methyl/N-ethyl adjacent to an activating group) is 1. The number of anilines is 1. The third-order valence-corrected chi connectivity index (χ3v) is 17.7. The molecule has 1 aliphatic carbocycles. The van der Waals surface area contributed by atoms with Gasteiger partial charge < -0.3 is 47.8 Å². The zero-order valence-corrected chi connectivity index (χ0v) is 58.0. The number of benzene rings is 3. The van der Waals surface area contributed by atoms with Crippen LogP contribution in [0.4, 0.5) is 11.4 Å². The van der Waals surface area contributed by atoms with E-state index in [4.69, 9.17) is 32.7 Å². The number of nitrogens with one attached hydrogen (secondary N) is 1. The Hall–Kier alpha value is -4.80. The zero-order valence-electron chi connectivity index (χ0n) is 54.2. The molecule has 0 saturated heterocycles. The van der Waals surface area contributed by atoms with Crippen molar-refractivity contribution in [1.82, 2.24) is 5.32 Å². The second kappa shape index (κ2) is 32.5. The number of carbonyl (C=O) groups excluding carboxylic acids is 3. The van der Waals surface area contributed by atoms with Crippen molar-refractivity contribution in [2.24, 2.45) is 10.8 Å². The third kappa shape index (κ3) is 20.9. The summed E-state index contributed by atoms with van der Waals surface area (Å²) in [5.41, 5.74) is 6.03. The summed E-state index contributed by atoms with van der Waals surface area (Å²) in [7, 11) is -3.22. The van der Waals surface area contributed by atoms with E-state index in [0.29, 0.717) is 35.6 Å². The predicted molar refractivity (Wildman–Crippen MR) is 335 cm³/mol. The molecule has 88 heavy (non-hydrogen) atoms. The molecule has 3 aliphatic rings. The van der Waals surface area contributed by atoms with Gasteiger partial charge in [0.15, 0.2) is 5.71 Å². The minimum atomic E-state index is -4.66. The summed E-state index contributed by atoms with van der Waals surface area (Å²) in [5, 5.41) is 2.98. The molecule has 0 aromatic heterocycles. The molecule has 0 bridgehead atoms. The Morgan fingerprint density at radius 1 is 0.773 bits per heavy atom. The fraction of sp³-hybridized carbons (Fsp3) is 0.545. The van der Waals surface area contributed by atoms with Crippen molar-refractivity contribution in [2.75, 3.05) is 105 Å². The van der Waals surface area contributed by atoms with Gasteiger partial charge in [0, 0.05) is 60.4 Å². The van der Waals surface area contributed by atoms with Crippen LogP contribution in [-0.2, 0) is 67.9 Å². The Balaban J connectivity index is 0.0000141. The maximum atomic E-state index is 13.4. The van der Waals surface area contributed by atoms with E-state index in [1.54, 1.807) is 27.7 Å². The zero-order chi connectivity index (χ0) is 63.9. The van der Waals surface area contributed by atoms with Gasteiger partial charge in [-0.1, -0.05) is 69.7 Å². The molecule has 3 aromatic carbocycles. The van der Waals surface area contributed by atoms with Gasteiger partial charge in [0.2, 0.25) is 11.6 Å². The number of carbonyl (C=O) groups is 3. The van der Waals surface area contributed by atoms with Crippen molar-refractivity contribution >= 4 is 52.9 Å². The van der Waals surface area contributed by atoms with Crippen LogP contribution >= 0.6 is 7.82 Å². The van der Waals surface area contributed by atoms with Crippen LogP contribution < -0.4 is 44.5 Å². The average Bonchev–Trinajstić information content (AvgIpc) is 1.65. The first-order chi connectivity index (χ1) is 40.9. The molecule has 0 spiro atoms. The van der Waals surface area contributed by atoms with E-state index in [1.807, 2.05) is 33.3 Å². The molecule has 22 heteroatoms. The minimum absolute atomic E-state index is 0. The summed E-state index contributed by atoms with van der Waals surface area (Å²) in [5.74, 6) is -0.178. The molecule has 2 N–H and O–H groups in total. The van der Waals surface area contributed by atoms with E-state index in [9.17, 15) is 36.8 Å². The first kappa shape index (κ1) is 73.9. The molecule has 1 atom stereocenters. The normalized spacial score (nSPS) is 17.5. The fourth-order valence-corrected chi connectivity index (χ4v) is 12.4. The van der Waals surface area contributed by atoms with Gasteiger partial charge >= 0.3 is 49.3 Å². The second-order valence-electron chi connectivity index (χ2n) is 25.7. The van der Waals surface area contributed by atoms with Gasteiger partial charge in [-0.15, -0.1) is 0 Å². The Kier molecular flexibility index (Phi) is 27.3. The summed E-state index contributed by atoms with van der Waals surface area (Å²) >= 11 is 0. The van der Waals surface area contributed by atoms with Gasteiger partial charge in [0.25, 0.3) is 0 Å². The summed E-state index contributed by atoms with van der Waals surface area (Å²) in [6.45, 7) is 20.1. The maximum Gasteiger partial charge on any atom is 1.00 e. The number of hydrogen-bond acceptors (Lipinski definition) is 15. The van der Waals surface area contributed by atoms with Crippen molar-refractivity contribution in [3.8, 4) is 5.75 Å². The molecule has 2 heterocycles. The van der Waals surface area contributed by atoms with Crippen LogP contribution in [0.5, 0.6) is 5.75 Å². The van der Waals surface area contributed by atoms with Crippen molar-refractivity contribution in [3.63, 3.8) is 0 Å². The molecule has 0 fully saturated rings. The number of amides is 1. The van der Waals surface area contributed by atoms with Crippen molar-refractivity contribution in [1.29, 1.82) is 0 Å². The van der Waals surface area contributed by atoms with Crippen LogP contribution in [0.1, 0.15) is 125 Å². The first-order valence-corrected chi connectivity index (χ1v) is 33.2. The Bertz CT molecular complexity index is 3220. The predicted octanol–water partition coefficient (Wildman–Crippen LogP) is 7.75. The molecular formula is C66H94N4NaO15PS+2. The Labute approximate surface area is 544 Å². The van der Waals surface area contributed by atoms with Crippen LogP contribution in [0.15, 0.2) is 125 Å². The van der Waals surface area contributed by atoms with E-state index in [2.05, 4.69) is 110 Å². The number of unbranched alkanes of at least 4 members (excludes halogenated alkanes) is 2. The van der Waals surface area contributed by atoms with Gasteiger partial charge in [-0.05, 0) is 133 Å². The van der Waals surface area contributed by atoms with Crippen LogP contribution in [0.2, 0.25) is 0 Å². The summed E-state index contributed by atoms with van der Waals surface area (Å²) in [6, 6.07) is 22.4. The van der Waals surface area contributed by atoms with Crippen LogP contribution in [0.3, 0.4) is 0 Å². The summed E-state index contributed by atoms with van der Waals surface area (Å²) < 4.78 is 89.6. The molecule has 1 unspecified atom stereocenters. The van der Waals surface area contributed by atoms with Crippen LogP contribution in [0.25, 0.3) is 0 Å². The van der Waals surface area contributed by atoms with Crippen molar-refractivity contribution in [3.05, 3.63) is 131 Å². The molecule has 3 aromatic rings. The number of quaternary nitrogens is 1. The van der Waals surface area contributed by atoms with Crippen molar-refractivity contribution < 1.29 is 108 Å². The first-order valence-electron chi connectivity index (χ1n) is 30.3. The van der Waals surface area contributed by atoms with Gasteiger partial charge in [-0.3, -0.25) is 23.4 Å². The molecule has 2 aliphatic heterocycles. The fourth-order valence-electron chi connectivity index (χ4n) is 11.3. The Morgan fingerprint density at radius 3 is 2.02 bits per heavy atom. The number of para-hydroxylation sites is 2. The number of phosphoric ester groups is 1. The topological polar surface area (TPSA) is 229 Å². The quantitative estimate of drug-likeness (QED) is 0.0111. The molecule has 19 nitrogen and oxygen atoms in total. The van der Waals surface area contributed by atoms with E-state index in [0.717, 1.165) is 73.2 Å². The van der Waals surface area contributed by atoms with Gasteiger partial charge in [0.05, 0.1) is 75.3 Å². The van der Waals surface area contributed by atoms with E-state index >= 15 is 0 Å². The number of ether oxygens (including phenoxy) is 5. The molecular weight excluding hydrogens is 1170 g/mol. The minimum Gasteiger partial charge on any atom is -0.744 e. The number of fused-ring (bicyclic) bond motifs is 2. The molecule has 0 radical (unpaired) electrons. The SMILES string of the molecule is CCCCC[N+]1=C(C=CC2=C(Oc3ccc(S(=O)(=O)[O-])cc3)C(=CC=C3N(CCC(=O)NCCOCCOCCOC(=O)C(C)(C)CC(C)(C)C(=O)OCCOP(=O)(O)OCC[N+](C)(C)C)c4ccccc4C3(C)C)CCC2)C(C)(C)c2ccccc21.[Na+]. The van der Waals surface area contributed by atoms with Crippen LogP contribution in [-0.4, -0.2) is 151 Å². The molecule has 0 saturated carbocycles. The van der Waals surface area contributed by atoms with Gasteiger partial charge in [-0.25, -0.2) is 13.0 Å². The van der Waals surface area contributed by atoms with Gasteiger partial charge in [-0.2, -0.15) is 4.58 Å². The summed E-state index contributed by atoms with van der Waals surface area (Å²) in [6.07, 6.45) is 14.6. The number of hydrogen-bond donors (Lipinski definition) is 2. The molecule has 1 amide bonds. The van der Waals surface area contributed by atoms with E-state index in [-0.39, 0.29) is 111 Å². The Morgan fingerprint density at radius 2 is 1.38 bits per heavy atom. The van der Waals surface area contributed by atoms with Gasteiger partial charge in [0.1, 0.15) is 54.5 Å². The standard InChI is InChI=1S/C66H93N4O15PS.Na/c1-13-14-19-37-68-55-25-17-15-23-53(55)65(6,7)57(68)33-27-49-21-20-22-50(60(49)85-51-29-31-52(32-30-51)87(76,77)78)28-34-58-66(8,9)54-24-16-18-26-56(54)69(58)38-35-59(71)67-36-40-79-42-43-80-44-45-81-61(72)63(2,3)48-64(4,5)62(73)82-46-47-84-86(74,75)83-41-39-70(10,11)12;/h15-18,23-34H,13-14,19-22,35-48H2,1-12H3,(H-2,67,71,74,75,76,77,78);/q;+1/p+1.